The van der Waals surface area contributed by atoms with Crippen molar-refractivity contribution in [1.29, 1.82) is 0 Å². The average molecular weight is 1310 g/mol. The van der Waals surface area contributed by atoms with Crippen molar-refractivity contribution in [3.63, 3.8) is 0 Å². The van der Waals surface area contributed by atoms with E-state index in [-0.39, 0.29) is 107 Å². The van der Waals surface area contributed by atoms with E-state index in [1.807, 2.05) is 36.5 Å². The molecule has 7 N–H and O–H groups in total. The van der Waals surface area contributed by atoms with Crippen molar-refractivity contribution in [3.8, 4) is 0 Å². The Bertz CT molecular complexity index is 3340. The quantitative estimate of drug-likeness (QED) is 0.0203. The van der Waals surface area contributed by atoms with Gasteiger partial charge in [-0.2, -0.15) is 52.7 Å². The monoisotopic (exact) mass is 1310 g/mol. The van der Waals surface area contributed by atoms with E-state index < -0.39 is 63.2 Å². The zero-order chi connectivity index (χ0) is 64.7. The number of hydrogen-bond acceptors (Lipinski definition) is 18. The molecule has 2 aliphatic heterocycles. The summed E-state index contributed by atoms with van der Waals surface area (Å²) in [7, 11) is 0. The number of carbonyl (C=O) groups is 4. The fourth-order valence-corrected chi connectivity index (χ4v) is 7.05. The number of anilines is 1. The molecule has 0 saturated heterocycles. The Balaban J connectivity index is -0.00000102. The summed E-state index contributed by atoms with van der Waals surface area (Å²) in [5.41, 5.74) is 16.7. The van der Waals surface area contributed by atoms with Crippen molar-refractivity contribution in [3.05, 3.63) is 195 Å². The second kappa shape index (κ2) is 38.9. The van der Waals surface area contributed by atoms with Crippen molar-refractivity contribution in [2.45, 2.75) is 85.8 Å². The van der Waals surface area contributed by atoms with Gasteiger partial charge in [-0.1, -0.05) is 64.7 Å². The molecule has 91 heavy (non-hydrogen) atoms. The number of rotatable bonds is 9. The van der Waals surface area contributed by atoms with E-state index in [0.717, 1.165) is 53.7 Å². The van der Waals surface area contributed by atoms with Crippen LogP contribution in [0.25, 0.3) is 10.8 Å². The summed E-state index contributed by atoms with van der Waals surface area (Å²) in [4.78, 5) is 85.3. The Morgan fingerprint density at radius 3 is 1.46 bits per heavy atom. The van der Waals surface area contributed by atoms with Gasteiger partial charge in [0.05, 0.1) is 19.7 Å². The fraction of sp³-hybridized carbons (Fsp3) is 0.315. The number of alkyl halides is 12. The predicted molar refractivity (Wildman–Crippen MR) is 300 cm³/mol. The largest absolute Gasteiger partial charge is 1.00 e. The van der Waals surface area contributed by atoms with E-state index >= 15 is 0 Å². The van der Waals surface area contributed by atoms with Crippen LogP contribution >= 0.6 is 0 Å². The van der Waals surface area contributed by atoms with Crippen LogP contribution in [0.1, 0.15) is 55.7 Å². The number of benzene rings is 5. The number of carbonyl (C=O) groups excluding carboxylic acids is 4. The van der Waals surface area contributed by atoms with Crippen molar-refractivity contribution in [2.75, 3.05) is 31.9 Å². The predicted octanol–water partition coefficient (Wildman–Crippen LogP) is 7.93. The molecule has 6 aromatic rings. The standard InChI is InChI=1S/C11H9F3N2O3.C10H9F3N2O3.C9H10N2O2.C9H8N2.C8H10N2O2.C4F6O3.3CH4.Li.H2O/c12-11(13,14)10(17)15-4-3-7-1-2-9(16(18)19)5-8(7)6-15;11-10(12,13)9(16)14-6-5-7-1-3-8(4-2-7)15(17)18;12-11(13)9-2-1-7-3-4-10-6-8(7)5-9;10-9-2-1-7-3-4-11-6-8(7)5-9;9-6-5-7-1-3-8(4-2-7)10(11)12;5-3(6,7)1(11)13-2(12)4(8,9)10;;;;;/h1-2,5H,3-4,6H2;1-4H,5-6H2,(H,14,16);1-2,5,10H,3-4,6H2;1-6H,10H2;1-4H,5-6,9H2;;3*1H4;;1H2/q;;;;;;;;;+1;/p-1. The second-order valence-electron chi connectivity index (χ2n) is 17.4. The Labute approximate surface area is 521 Å². The first-order valence-corrected chi connectivity index (χ1v) is 24.1. The molecule has 3 heterocycles. The summed E-state index contributed by atoms with van der Waals surface area (Å²) in [5.74, 6) is -10.3. The minimum atomic E-state index is -5.62. The van der Waals surface area contributed by atoms with E-state index in [1.54, 1.807) is 35.8 Å². The molecular formula is C54H59F12LiN10O14. The number of non-ortho nitro benzene ring substituents is 4. The van der Waals surface area contributed by atoms with Crippen LogP contribution in [0.5, 0.6) is 0 Å². The molecule has 0 radical (unpaired) electrons. The van der Waals surface area contributed by atoms with E-state index in [0.29, 0.717) is 22.6 Å². The summed E-state index contributed by atoms with van der Waals surface area (Å²) in [6, 6.07) is 28.7. The first-order valence-electron chi connectivity index (χ1n) is 24.1. The van der Waals surface area contributed by atoms with Crippen molar-refractivity contribution in [2.24, 2.45) is 5.73 Å². The van der Waals surface area contributed by atoms with Crippen LogP contribution in [0.4, 0.5) is 81.1 Å². The number of nitro benzene ring substituents is 4. The van der Waals surface area contributed by atoms with Crippen LogP contribution in [-0.4, -0.2) is 110 Å². The summed E-state index contributed by atoms with van der Waals surface area (Å²) in [6.45, 7) is 1.80. The maximum Gasteiger partial charge on any atom is 1.00 e. The number of nitrogens with zero attached hydrogens (tertiary/aromatic N) is 6. The van der Waals surface area contributed by atoms with E-state index in [1.165, 1.54) is 65.5 Å². The van der Waals surface area contributed by atoms with Crippen LogP contribution in [0.3, 0.4) is 0 Å². The van der Waals surface area contributed by atoms with Crippen LogP contribution in [0, 0.1) is 40.5 Å². The molecule has 0 saturated carbocycles. The van der Waals surface area contributed by atoms with Gasteiger partial charge in [0.15, 0.2) is 0 Å². The van der Waals surface area contributed by atoms with Gasteiger partial charge in [-0.3, -0.25) is 55.0 Å². The fourth-order valence-electron chi connectivity index (χ4n) is 7.05. The third-order valence-corrected chi connectivity index (χ3v) is 11.2. The minimum absolute atomic E-state index is 0. The number of esters is 2. The van der Waals surface area contributed by atoms with Crippen molar-refractivity contribution in [1.82, 2.24) is 20.5 Å². The SMILES string of the molecule is C.C.C.NCCc1ccc([N+](=O)[O-])cc1.Nc1ccc2ccncc2c1.O=C(N1CCc2ccc([N+](=O)[O-])cc2C1)C(F)(F)F.O=C(NCCc1ccc([N+](=O)[O-])cc1)C(F)(F)F.O=C(OC(=O)C(F)(F)F)C(F)(F)F.O=[N+]([O-])c1ccc2c(c1)CNCC2.[Li+].[OH-]. The zero-order valence-corrected chi connectivity index (χ0v) is 45.2. The second-order valence-corrected chi connectivity index (χ2v) is 17.4. The summed E-state index contributed by atoms with van der Waals surface area (Å²) in [6.07, 6.45) is -15.3. The Morgan fingerprint density at radius 1 is 0.571 bits per heavy atom. The number of nitrogen functional groups attached to an aromatic ring is 1. The molecule has 0 aliphatic carbocycles. The Morgan fingerprint density at radius 2 is 1.02 bits per heavy atom. The van der Waals surface area contributed by atoms with Gasteiger partial charge in [0.2, 0.25) is 0 Å². The number of nitrogens with two attached hydrogens (primary N) is 2. The molecule has 0 unspecified atom stereocenters. The van der Waals surface area contributed by atoms with Crippen molar-refractivity contribution >= 4 is 63.0 Å². The third-order valence-electron chi connectivity index (χ3n) is 11.2. The van der Waals surface area contributed by atoms with Gasteiger partial charge in [-0.15, -0.1) is 0 Å². The van der Waals surface area contributed by atoms with Gasteiger partial charge in [-0.05, 0) is 95.7 Å². The molecule has 24 nitrogen and oxygen atoms in total. The average Bonchev–Trinajstić information content (AvgIpc) is 0.893. The van der Waals surface area contributed by atoms with Gasteiger partial charge in [0.1, 0.15) is 0 Å². The van der Waals surface area contributed by atoms with Gasteiger partial charge < -0.3 is 37.2 Å². The Kier molecular flexibility index (Phi) is 36.7. The maximum absolute atomic E-state index is 12.3. The molecule has 494 valence electrons. The maximum atomic E-state index is 12.3. The molecule has 8 rings (SSSR count). The Hall–Kier alpha value is -9.37. The van der Waals surface area contributed by atoms with Gasteiger partial charge in [0.25, 0.3) is 22.7 Å². The van der Waals surface area contributed by atoms with Gasteiger partial charge in [-0.25, -0.2) is 9.59 Å². The molecule has 37 heteroatoms. The van der Waals surface area contributed by atoms with Crippen LogP contribution < -0.4 is 41.0 Å². The molecule has 0 spiro atoms. The molecule has 0 atom stereocenters. The molecule has 5 aromatic carbocycles. The van der Waals surface area contributed by atoms with Gasteiger partial charge >= 0.3 is 67.3 Å². The number of nitro groups is 4. The number of halogens is 12. The molecular weight excluding hydrogens is 1250 g/mol. The number of pyridine rings is 1. The summed E-state index contributed by atoms with van der Waals surface area (Å²) < 4.78 is 142. The van der Waals surface area contributed by atoms with E-state index in [2.05, 4.69) is 15.0 Å². The summed E-state index contributed by atoms with van der Waals surface area (Å²) >= 11 is 0. The van der Waals surface area contributed by atoms with Crippen LogP contribution in [0.15, 0.2) is 122 Å². The first kappa shape index (κ1) is 85.8. The number of ether oxygens (including phenoxy) is 1. The van der Waals surface area contributed by atoms with Crippen LogP contribution in [0.2, 0.25) is 0 Å². The molecule has 2 amide bonds. The number of aromatic nitrogens is 1. The number of amides is 2. The smallest absolute Gasteiger partial charge is 0.870 e. The van der Waals surface area contributed by atoms with Gasteiger partial charge in [0, 0.05) is 98.2 Å². The third kappa shape index (κ3) is 29.7. The first-order chi connectivity index (χ1) is 40.0. The zero-order valence-electron chi connectivity index (χ0n) is 45.2. The minimum Gasteiger partial charge on any atom is -0.870 e. The van der Waals surface area contributed by atoms with Crippen molar-refractivity contribution < 1.29 is 121 Å². The number of hydrogen-bond donors (Lipinski definition) is 4. The number of fused-ring (bicyclic) bond motifs is 3. The van der Waals surface area contributed by atoms with Crippen LogP contribution in [-0.2, 0) is 62.7 Å². The molecule has 0 fully saturated rings. The van der Waals surface area contributed by atoms with E-state index in [4.69, 9.17) is 11.5 Å². The molecule has 0 bridgehead atoms. The number of nitrogens with one attached hydrogen (secondary N) is 2. The molecule has 2 aliphatic rings. The summed E-state index contributed by atoms with van der Waals surface area (Å²) in [5, 5.41) is 48.8. The van der Waals surface area contributed by atoms with E-state index in [9.17, 15) is 112 Å². The normalized spacial score (nSPS) is 11.8. The topological polar surface area (TPSA) is 372 Å². The molecule has 1 aromatic heterocycles.